The van der Waals surface area contributed by atoms with Gasteiger partial charge in [0.1, 0.15) is 5.76 Å². The van der Waals surface area contributed by atoms with Gasteiger partial charge in [-0.15, -0.1) is 0 Å². The number of carbonyl (C=O) groups excluding carboxylic acids is 2. The zero-order chi connectivity index (χ0) is 15.6. The van der Waals surface area contributed by atoms with Crippen molar-refractivity contribution in [2.24, 2.45) is 5.41 Å². The molecule has 0 aromatic carbocycles. The number of likely N-dealkylation sites (tertiary alicyclic amines) is 1. The van der Waals surface area contributed by atoms with Crippen molar-refractivity contribution in [1.29, 1.82) is 0 Å². The first-order valence-electron chi connectivity index (χ1n) is 7.29. The number of rotatable bonds is 3. The standard InChI is InChI=1S/C15H23N3O3/c1-10-12(11(2)21-17-10)8-13(19)18-7-5-6-15(3,9-18)14(20)16-4/h5-9H2,1-4H3,(H,16,20)/t15-/m1/s1. The third-order valence-corrected chi connectivity index (χ3v) is 4.33. The molecule has 1 aromatic heterocycles. The van der Waals surface area contributed by atoms with E-state index in [0.717, 1.165) is 24.1 Å². The van der Waals surface area contributed by atoms with E-state index >= 15 is 0 Å². The SMILES string of the molecule is CNC(=O)[C@]1(C)CCCN(C(=O)Cc2c(C)noc2C)C1. The van der Waals surface area contributed by atoms with Crippen molar-refractivity contribution >= 4 is 11.8 Å². The van der Waals surface area contributed by atoms with Crippen LogP contribution in [-0.2, 0) is 16.0 Å². The van der Waals surface area contributed by atoms with E-state index in [1.165, 1.54) is 0 Å². The molecule has 2 heterocycles. The lowest BCUT2D eigenvalue weighted by atomic mass is 9.81. The Hall–Kier alpha value is -1.85. The Morgan fingerprint density at radius 3 is 2.71 bits per heavy atom. The maximum atomic E-state index is 12.5. The lowest BCUT2D eigenvalue weighted by Gasteiger charge is -2.39. The van der Waals surface area contributed by atoms with E-state index in [0.29, 0.717) is 18.8 Å². The van der Waals surface area contributed by atoms with Crippen LogP contribution in [0.3, 0.4) is 0 Å². The summed E-state index contributed by atoms with van der Waals surface area (Å²) in [5, 5.41) is 6.57. The van der Waals surface area contributed by atoms with Gasteiger partial charge in [0.15, 0.2) is 0 Å². The van der Waals surface area contributed by atoms with Gasteiger partial charge in [0.05, 0.1) is 17.5 Å². The zero-order valence-electron chi connectivity index (χ0n) is 13.2. The molecule has 0 bridgehead atoms. The molecular formula is C15H23N3O3. The number of amides is 2. The van der Waals surface area contributed by atoms with Crippen LogP contribution in [0.2, 0.25) is 0 Å². The van der Waals surface area contributed by atoms with Crippen LogP contribution in [0.4, 0.5) is 0 Å². The molecule has 1 N–H and O–H groups in total. The minimum Gasteiger partial charge on any atom is -0.361 e. The number of aryl methyl sites for hydroxylation is 2. The minimum absolute atomic E-state index is 0.00246. The smallest absolute Gasteiger partial charge is 0.227 e. The topological polar surface area (TPSA) is 75.4 Å². The summed E-state index contributed by atoms with van der Waals surface area (Å²) < 4.78 is 5.10. The molecule has 0 unspecified atom stereocenters. The van der Waals surface area contributed by atoms with Gasteiger partial charge < -0.3 is 14.7 Å². The predicted molar refractivity (Wildman–Crippen MR) is 77.7 cm³/mol. The van der Waals surface area contributed by atoms with E-state index in [4.69, 9.17) is 4.52 Å². The number of nitrogens with zero attached hydrogens (tertiary/aromatic N) is 2. The summed E-state index contributed by atoms with van der Waals surface area (Å²) >= 11 is 0. The van der Waals surface area contributed by atoms with E-state index in [-0.39, 0.29) is 18.2 Å². The molecule has 2 amide bonds. The first-order valence-corrected chi connectivity index (χ1v) is 7.29. The maximum absolute atomic E-state index is 12.5. The number of hydrogen-bond acceptors (Lipinski definition) is 4. The van der Waals surface area contributed by atoms with E-state index in [1.807, 2.05) is 20.8 Å². The van der Waals surface area contributed by atoms with Crippen molar-refractivity contribution in [2.45, 2.75) is 40.0 Å². The molecule has 0 spiro atoms. The highest BCUT2D eigenvalue weighted by Crippen LogP contribution is 2.30. The van der Waals surface area contributed by atoms with Crippen LogP contribution in [0.15, 0.2) is 4.52 Å². The van der Waals surface area contributed by atoms with Crippen LogP contribution in [0.1, 0.15) is 36.8 Å². The minimum atomic E-state index is -0.499. The number of nitrogens with one attached hydrogen (secondary N) is 1. The number of hydrogen-bond donors (Lipinski definition) is 1. The molecule has 1 fully saturated rings. The Morgan fingerprint density at radius 2 is 2.14 bits per heavy atom. The average molecular weight is 293 g/mol. The molecule has 0 aliphatic carbocycles. The number of aromatic nitrogens is 1. The summed E-state index contributed by atoms with van der Waals surface area (Å²) in [6.07, 6.45) is 1.93. The second-order valence-corrected chi connectivity index (χ2v) is 6.04. The first kappa shape index (κ1) is 15.5. The Bertz CT molecular complexity index is 533. The molecule has 1 aliphatic rings. The molecule has 1 saturated heterocycles. The van der Waals surface area contributed by atoms with Crippen molar-refractivity contribution < 1.29 is 14.1 Å². The summed E-state index contributed by atoms with van der Waals surface area (Å²) in [5.41, 5.74) is 1.11. The number of piperidine rings is 1. The van der Waals surface area contributed by atoms with Gasteiger partial charge in [-0.25, -0.2) is 0 Å². The van der Waals surface area contributed by atoms with Gasteiger partial charge in [-0.3, -0.25) is 9.59 Å². The fraction of sp³-hybridized carbons (Fsp3) is 0.667. The van der Waals surface area contributed by atoms with Crippen LogP contribution >= 0.6 is 0 Å². The Kier molecular flexibility index (Phi) is 4.34. The van der Waals surface area contributed by atoms with Crippen LogP contribution in [0, 0.1) is 19.3 Å². The lowest BCUT2D eigenvalue weighted by Crippen LogP contribution is -2.51. The van der Waals surface area contributed by atoms with Crippen molar-refractivity contribution in [3.63, 3.8) is 0 Å². The molecule has 0 radical (unpaired) electrons. The van der Waals surface area contributed by atoms with Crippen LogP contribution in [-0.4, -0.2) is 42.0 Å². The van der Waals surface area contributed by atoms with E-state index in [1.54, 1.807) is 11.9 Å². The van der Waals surface area contributed by atoms with E-state index in [9.17, 15) is 9.59 Å². The van der Waals surface area contributed by atoms with Gasteiger partial charge in [-0.1, -0.05) is 5.16 Å². The fourth-order valence-corrected chi connectivity index (χ4v) is 2.96. The highest BCUT2D eigenvalue weighted by atomic mass is 16.5. The van der Waals surface area contributed by atoms with Crippen molar-refractivity contribution in [1.82, 2.24) is 15.4 Å². The quantitative estimate of drug-likeness (QED) is 0.909. The third-order valence-electron chi connectivity index (χ3n) is 4.33. The highest BCUT2D eigenvalue weighted by Gasteiger charge is 2.38. The molecular weight excluding hydrogens is 270 g/mol. The predicted octanol–water partition coefficient (Wildman–Crippen LogP) is 1.21. The summed E-state index contributed by atoms with van der Waals surface area (Å²) in [5.74, 6) is 0.712. The highest BCUT2D eigenvalue weighted by molar-refractivity contribution is 5.84. The molecule has 6 nitrogen and oxygen atoms in total. The van der Waals surface area contributed by atoms with Crippen molar-refractivity contribution in [3.05, 3.63) is 17.0 Å². The van der Waals surface area contributed by atoms with Gasteiger partial charge in [-0.05, 0) is 33.6 Å². The normalized spacial score (nSPS) is 22.2. The second kappa shape index (κ2) is 5.87. The number of carbonyl (C=O) groups is 2. The monoisotopic (exact) mass is 293 g/mol. The third kappa shape index (κ3) is 3.09. The molecule has 0 saturated carbocycles. The lowest BCUT2D eigenvalue weighted by molar-refractivity contribution is -0.139. The molecule has 1 atom stereocenters. The second-order valence-electron chi connectivity index (χ2n) is 6.04. The van der Waals surface area contributed by atoms with Gasteiger partial charge in [0.2, 0.25) is 11.8 Å². The summed E-state index contributed by atoms with van der Waals surface area (Å²) in [4.78, 5) is 26.3. The van der Waals surface area contributed by atoms with Crippen molar-refractivity contribution in [2.75, 3.05) is 20.1 Å². The summed E-state index contributed by atoms with van der Waals surface area (Å²) in [6, 6.07) is 0. The van der Waals surface area contributed by atoms with E-state index < -0.39 is 5.41 Å². The van der Waals surface area contributed by atoms with Gasteiger partial charge in [0.25, 0.3) is 0 Å². The first-order chi connectivity index (χ1) is 9.87. The molecule has 21 heavy (non-hydrogen) atoms. The Balaban J connectivity index is 2.08. The summed E-state index contributed by atoms with van der Waals surface area (Å²) in [7, 11) is 1.64. The zero-order valence-corrected chi connectivity index (χ0v) is 13.2. The average Bonchev–Trinajstić information content (AvgIpc) is 2.78. The van der Waals surface area contributed by atoms with Gasteiger partial charge >= 0.3 is 0 Å². The molecule has 116 valence electrons. The largest absolute Gasteiger partial charge is 0.361 e. The Labute approximate surface area is 124 Å². The van der Waals surface area contributed by atoms with Crippen LogP contribution in [0.25, 0.3) is 0 Å². The molecule has 1 aliphatic heterocycles. The van der Waals surface area contributed by atoms with Gasteiger partial charge in [0, 0.05) is 25.7 Å². The van der Waals surface area contributed by atoms with Crippen molar-refractivity contribution in [3.8, 4) is 0 Å². The molecule has 6 heteroatoms. The fourth-order valence-electron chi connectivity index (χ4n) is 2.96. The van der Waals surface area contributed by atoms with E-state index in [2.05, 4.69) is 10.5 Å². The van der Waals surface area contributed by atoms with Crippen LogP contribution < -0.4 is 5.32 Å². The molecule has 1 aromatic rings. The van der Waals surface area contributed by atoms with Gasteiger partial charge in [-0.2, -0.15) is 0 Å². The molecule has 2 rings (SSSR count). The maximum Gasteiger partial charge on any atom is 0.227 e. The Morgan fingerprint density at radius 1 is 1.43 bits per heavy atom. The summed E-state index contributed by atoms with van der Waals surface area (Å²) in [6.45, 7) is 6.74. The van der Waals surface area contributed by atoms with Crippen LogP contribution in [0.5, 0.6) is 0 Å².